The van der Waals surface area contributed by atoms with Crippen molar-refractivity contribution in [3.05, 3.63) is 101 Å². The molecule has 1 heterocycles. The maximum atomic E-state index is 12.7. The first-order chi connectivity index (χ1) is 15.7. The lowest BCUT2D eigenvalue weighted by Gasteiger charge is -2.20. The first-order valence-electron chi connectivity index (χ1n) is 10.5. The van der Waals surface area contributed by atoms with Crippen molar-refractivity contribution in [2.75, 3.05) is 6.54 Å². The van der Waals surface area contributed by atoms with E-state index in [-0.39, 0.29) is 19.8 Å². The number of imide groups is 1. The molecule has 166 valence electrons. The summed E-state index contributed by atoms with van der Waals surface area (Å²) >= 11 is 0. The van der Waals surface area contributed by atoms with E-state index >= 15 is 0 Å². The van der Waals surface area contributed by atoms with Crippen LogP contribution in [0.4, 0.5) is 9.59 Å². The van der Waals surface area contributed by atoms with Crippen LogP contribution in [0.25, 0.3) is 0 Å². The second-order valence-corrected chi connectivity index (χ2v) is 7.13. The molecule has 3 aromatic rings. The third-order valence-electron chi connectivity index (χ3n) is 4.80. The van der Waals surface area contributed by atoms with Crippen LogP contribution >= 0.6 is 0 Å². The standard InChI is InChI=1S/C25H27N3O4/c1-2-20-13-14-23(26-17-20)15-16-28(25(30)31-18-21-9-5-3-6-10-21)24(29)27-32-19-22-11-7-4-8-12-22/h3-14,17H,2,15-16,18-19H2,1H3,(H,27,29). The fourth-order valence-electron chi connectivity index (χ4n) is 2.92. The maximum absolute atomic E-state index is 12.7. The number of aromatic nitrogens is 1. The molecule has 0 fully saturated rings. The van der Waals surface area contributed by atoms with Crippen LogP contribution in [0.2, 0.25) is 0 Å². The van der Waals surface area contributed by atoms with E-state index in [2.05, 4.69) is 17.4 Å². The molecule has 0 aliphatic rings. The lowest BCUT2D eigenvalue weighted by Crippen LogP contribution is -2.45. The monoisotopic (exact) mass is 433 g/mol. The second-order valence-electron chi connectivity index (χ2n) is 7.13. The SMILES string of the molecule is CCc1ccc(CCN(C(=O)NOCc2ccccc2)C(=O)OCc2ccccc2)nc1. The van der Waals surface area contributed by atoms with Crippen LogP contribution in [0.5, 0.6) is 0 Å². The fraction of sp³-hybridized carbons (Fsp3) is 0.240. The Morgan fingerprint density at radius 3 is 2.12 bits per heavy atom. The summed E-state index contributed by atoms with van der Waals surface area (Å²) in [6.45, 7) is 2.41. The van der Waals surface area contributed by atoms with Crippen molar-refractivity contribution in [2.45, 2.75) is 33.0 Å². The minimum absolute atomic E-state index is 0.0672. The van der Waals surface area contributed by atoms with Gasteiger partial charge in [0.25, 0.3) is 0 Å². The Labute approximate surface area is 187 Å². The highest BCUT2D eigenvalue weighted by Crippen LogP contribution is 2.07. The smallest absolute Gasteiger partial charge is 0.418 e. The summed E-state index contributed by atoms with van der Waals surface area (Å²) in [5.74, 6) is 0. The van der Waals surface area contributed by atoms with Gasteiger partial charge in [0, 0.05) is 24.9 Å². The minimum Gasteiger partial charge on any atom is -0.444 e. The summed E-state index contributed by atoms with van der Waals surface area (Å²) in [6.07, 6.45) is 2.35. The van der Waals surface area contributed by atoms with Crippen molar-refractivity contribution < 1.29 is 19.2 Å². The summed E-state index contributed by atoms with van der Waals surface area (Å²) in [7, 11) is 0. The first-order valence-corrected chi connectivity index (χ1v) is 10.5. The molecule has 32 heavy (non-hydrogen) atoms. The van der Waals surface area contributed by atoms with E-state index in [1.807, 2.05) is 72.8 Å². The summed E-state index contributed by atoms with van der Waals surface area (Å²) in [5, 5.41) is 0. The Morgan fingerprint density at radius 2 is 1.53 bits per heavy atom. The summed E-state index contributed by atoms with van der Waals surface area (Å²) in [5.41, 5.74) is 5.96. The quantitative estimate of drug-likeness (QED) is 0.496. The van der Waals surface area contributed by atoms with E-state index in [1.165, 1.54) is 0 Å². The number of rotatable bonds is 9. The number of aryl methyl sites for hydroxylation is 1. The summed E-state index contributed by atoms with van der Waals surface area (Å²) < 4.78 is 5.35. The van der Waals surface area contributed by atoms with Crippen molar-refractivity contribution in [3.8, 4) is 0 Å². The highest BCUT2D eigenvalue weighted by molar-refractivity contribution is 5.90. The molecule has 7 heteroatoms. The molecule has 0 bridgehead atoms. The zero-order valence-corrected chi connectivity index (χ0v) is 18.1. The number of pyridine rings is 1. The molecule has 3 amide bonds. The van der Waals surface area contributed by atoms with Gasteiger partial charge in [0.15, 0.2) is 0 Å². The number of hydroxylamine groups is 1. The number of hydrogen-bond donors (Lipinski definition) is 1. The van der Waals surface area contributed by atoms with Crippen LogP contribution in [-0.4, -0.2) is 28.6 Å². The molecular weight excluding hydrogens is 406 g/mol. The normalized spacial score (nSPS) is 10.4. The summed E-state index contributed by atoms with van der Waals surface area (Å²) in [6, 6.07) is 21.9. The number of urea groups is 1. The van der Waals surface area contributed by atoms with Gasteiger partial charge in [0.1, 0.15) is 6.61 Å². The van der Waals surface area contributed by atoms with E-state index in [4.69, 9.17) is 9.57 Å². The average Bonchev–Trinajstić information content (AvgIpc) is 2.84. The van der Waals surface area contributed by atoms with E-state index in [0.717, 1.165) is 33.7 Å². The van der Waals surface area contributed by atoms with Gasteiger partial charge in [-0.1, -0.05) is 73.7 Å². The number of nitrogens with zero attached hydrogens (tertiary/aromatic N) is 2. The number of nitrogens with one attached hydrogen (secondary N) is 1. The number of carbonyl (C=O) groups is 2. The van der Waals surface area contributed by atoms with E-state index in [1.54, 1.807) is 6.20 Å². The highest BCUT2D eigenvalue weighted by atomic mass is 16.7. The average molecular weight is 434 g/mol. The maximum Gasteiger partial charge on any atom is 0.418 e. The molecule has 1 N–H and O–H groups in total. The van der Waals surface area contributed by atoms with Crippen LogP contribution in [-0.2, 0) is 35.6 Å². The molecule has 1 aromatic heterocycles. The molecule has 0 spiro atoms. The third kappa shape index (κ3) is 7.21. The van der Waals surface area contributed by atoms with Crippen molar-refractivity contribution in [1.82, 2.24) is 15.4 Å². The minimum atomic E-state index is -0.750. The fourth-order valence-corrected chi connectivity index (χ4v) is 2.92. The molecule has 2 aromatic carbocycles. The van der Waals surface area contributed by atoms with Crippen LogP contribution < -0.4 is 5.48 Å². The zero-order valence-electron chi connectivity index (χ0n) is 18.1. The molecule has 0 unspecified atom stereocenters. The molecule has 0 saturated carbocycles. The Bertz CT molecular complexity index is 979. The largest absolute Gasteiger partial charge is 0.444 e. The Morgan fingerprint density at radius 1 is 0.875 bits per heavy atom. The van der Waals surface area contributed by atoms with Gasteiger partial charge in [-0.15, -0.1) is 0 Å². The topological polar surface area (TPSA) is 80.8 Å². The van der Waals surface area contributed by atoms with Gasteiger partial charge in [-0.05, 0) is 29.2 Å². The van der Waals surface area contributed by atoms with E-state index in [0.29, 0.717) is 6.42 Å². The molecule has 0 saturated heterocycles. The van der Waals surface area contributed by atoms with Crippen molar-refractivity contribution in [1.29, 1.82) is 0 Å². The van der Waals surface area contributed by atoms with Gasteiger partial charge >= 0.3 is 12.1 Å². The second kappa shape index (κ2) is 12.2. The number of benzene rings is 2. The molecule has 0 atom stereocenters. The summed E-state index contributed by atoms with van der Waals surface area (Å²) in [4.78, 5) is 36.0. The number of ether oxygens (including phenoxy) is 1. The molecule has 0 aliphatic carbocycles. The molecule has 7 nitrogen and oxygen atoms in total. The van der Waals surface area contributed by atoms with E-state index in [9.17, 15) is 9.59 Å². The molecular formula is C25H27N3O4. The van der Waals surface area contributed by atoms with Crippen molar-refractivity contribution in [3.63, 3.8) is 0 Å². The molecule has 0 aliphatic heterocycles. The first kappa shape index (κ1) is 23.0. The van der Waals surface area contributed by atoms with Gasteiger partial charge in [-0.25, -0.2) is 20.0 Å². The Hall–Kier alpha value is -3.71. The van der Waals surface area contributed by atoms with Gasteiger partial charge in [0.05, 0.1) is 6.61 Å². The Kier molecular flexibility index (Phi) is 8.77. The molecule has 3 rings (SSSR count). The lowest BCUT2D eigenvalue weighted by molar-refractivity contribution is 0.0331. The Balaban J connectivity index is 1.59. The highest BCUT2D eigenvalue weighted by Gasteiger charge is 2.23. The number of amides is 3. The van der Waals surface area contributed by atoms with Gasteiger partial charge < -0.3 is 4.74 Å². The van der Waals surface area contributed by atoms with Crippen molar-refractivity contribution in [2.24, 2.45) is 0 Å². The van der Waals surface area contributed by atoms with Crippen LogP contribution in [0, 0.1) is 0 Å². The van der Waals surface area contributed by atoms with Crippen LogP contribution in [0.15, 0.2) is 79.0 Å². The van der Waals surface area contributed by atoms with Gasteiger partial charge in [-0.2, -0.15) is 0 Å². The van der Waals surface area contributed by atoms with E-state index < -0.39 is 12.1 Å². The lowest BCUT2D eigenvalue weighted by atomic mass is 10.2. The predicted molar refractivity (Wildman–Crippen MR) is 120 cm³/mol. The van der Waals surface area contributed by atoms with Crippen LogP contribution in [0.1, 0.15) is 29.3 Å². The molecule has 0 radical (unpaired) electrons. The van der Waals surface area contributed by atoms with Gasteiger partial charge in [0.2, 0.25) is 0 Å². The van der Waals surface area contributed by atoms with Gasteiger partial charge in [-0.3, -0.25) is 9.82 Å². The van der Waals surface area contributed by atoms with Crippen molar-refractivity contribution >= 4 is 12.1 Å². The number of carbonyl (C=O) groups excluding carboxylic acids is 2. The van der Waals surface area contributed by atoms with Crippen LogP contribution in [0.3, 0.4) is 0 Å². The number of hydrogen-bond acceptors (Lipinski definition) is 5. The predicted octanol–water partition coefficient (Wildman–Crippen LogP) is 4.67. The zero-order chi connectivity index (χ0) is 22.6. The third-order valence-corrected chi connectivity index (χ3v) is 4.80.